The van der Waals surface area contributed by atoms with Crippen LogP contribution in [0.1, 0.15) is 18.9 Å². The monoisotopic (exact) mass is 294 g/mol. The molecule has 0 saturated carbocycles. The summed E-state index contributed by atoms with van der Waals surface area (Å²) >= 11 is 15.3. The Morgan fingerprint density at radius 3 is 2.64 bits per heavy atom. The van der Waals surface area contributed by atoms with Gasteiger partial charge < -0.3 is 0 Å². The van der Waals surface area contributed by atoms with Crippen molar-refractivity contribution in [1.29, 1.82) is 0 Å². The lowest BCUT2D eigenvalue weighted by molar-refractivity contribution is 0.567. The maximum absolute atomic E-state index is 6.11. The first-order valence-corrected chi connectivity index (χ1v) is 6.37. The summed E-state index contributed by atoms with van der Waals surface area (Å²) in [7, 11) is 0. The molecule has 0 aliphatic carbocycles. The van der Waals surface area contributed by atoms with Gasteiger partial charge in [-0.25, -0.2) is 0 Å². The average molecular weight is 296 g/mol. The van der Waals surface area contributed by atoms with Gasteiger partial charge in [0.05, 0.1) is 0 Å². The van der Waals surface area contributed by atoms with Gasteiger partial charge in [0.2, 0.25) is 0 Å². The first-order chi connectivity index (χ1) is 6.67. The van der Waals surface area contributed by atoms with E-state index in [0.29, 0.717) is 11.8 Å². The van der Waals surface area contributed by atoms with E-state index >= 15 is 0 Å². The Balaban J connectivity index is 2.76. The van der Waals surface area contributed by atoms with Crippen LogP contribution < -0.4 is 0 Å². The third kappa shape index (κ3) is 3.45. The van der Waals surface area contributed by atoms with Crippen molar-refractivity contribution in [1.82, 2.24) is 0 Å². The van der Waals surface area contributed by atoms with E-state index in [2.05, 4.69) is 28.9 Å². The zero-order valence-corrected chi connectivity index (χ0v) is 11.2. The largest absolute Gasteiger partial charge is 0.126 e. The molecule has 0 aliphatic rings. The average Bonchev–Trinajstić information content (AvgIpc) is 2.17. The molecule has 0 N–H and O–H groups in total. The summed E-state index contributed by atoms with van der Waals surface area (Å²) in [6, 6.07) is 6.00. The highest BCUT2D eigenvalue weighted by Crippen LogP contribution is 2.24. The van der Waals surface area contributed by atoms with E-state index in [1.807, 2.05) is 12.1 Å². The lowest BCUT2D eigenvalue weighted by Crippen LogP contribution is -2.05. The Morgan fingerprint density at radius 2 is 2.14 bits per heavy atom. The highest BCUT2D eigenvalue weighted by Gasteiger charge is 2.08. The summed E-state index contributed by atoms with van der Waals surface area (Å²) in [6.45, 7) is 2.15. The zero-order chi connectivity index (χ0) is 10.6. The van der Waals surface area contributed by atoms with Crippen molar-refractivity contribution < 1.29 is 0 Å². The lowest BCUT2D eigenvalue weighted by Gasteiger charge is -2.12. The molecule has 78 valence electrons. The van der Waals surface area contributed by atoms with E-state index in [0.717, 1.165) is 22.3 Å². The van der Waals surface area contributed by atoms with Gasteiger partial charge in [-0.2, -0.15) is 0 Å². The van der Waals surface area contributed by atoms with Crippen LogP contribution in [0.5, 0.6) is 0 Å². The Labute approximate surface area is 104 Å². The molecule has 14 heavy (non-hydrogen) atoms. The summed E-state index contributed by atoms with van der Waals surface area (Å²) < 4.78 is 1.02. The Bertz CT molecular complexity index is 295. The molecule has 1 aromatic rings. The van der Waals surface area contributed by atoms with Crippen molar-refractivity contribution in [3.63, 3.8) is 0 Å². The van der Waals surface area contributed by atoms with E-state index < -0.39 is 0 Å². The van der Waals surface area contributed by atoms with Crippen LogP contribution in [0.15, 0.2) is 22.7 Å². The predicted molar refractivity (Wildman–Crippen MR) is 67.4 cm³/mol. The van der Waals surface area contributed by atoms with Crippen molar-refractivity contribution in [2.75, 3.05) is 5.88 Å². The van der Waals surface area contributed by atoms with Crippen LogP contribution in [-0.4, -0.2) is 5.88 Å². The van der Waals surface area contributed by atoms with Gasteiger partial charge in [0.1, 0.15) is 0 Å². The highest BCUT2D eigenvalue weighted by molar-refractivity contribution is 9.10. The molecule has 3 heteroatoms. The molecule has 1 aromatic carbocycles. The van der Waals surface area contributed by atoms with Crippen LogP contribution in [0.3, 0.4) is 0 Å². The Morgan fingerprint density at radius 1 is 1.43 bits per heavy atom. The molecule has 0 aliphatic heterocycles. The minimum atomic E-state index is 0.523. The number of hydrogen-bond acceptors (Lipinski definition) is 0. The molecule has 0 amide bonds. The lowest BCUT2D eigenvalue weighted by atomic mass is 9.99. The number of rotatable bonds is 4. The van der Waals surface area contributed by atoms with Crippen LogP contribution >= 0.6 is 39.1 Å². The molecule has 1 rings (SSSR count). The number of hydrogen-bond donors (Lipinski definition) is 0. The second kappa shape index (κ2) is 5.99. The fourth-order valence-corrected chi connectivity index (χ4v) is 2.38. The third-order valence-corrected chi connectivity index (χ3v) is 3.60. The van der Waals surface area contributed by atoms with E-state index in [1.165, 1.54) is 5.56 Å². The van der Waals surface area contributed by atoms with Gasteiger partial charge in [0.25, 0.3) is 0 Å². The summed E-state index contributed by atoms with van der Waals surface area (Å²) in [5.74, 6) is 1.22. The van der Waals surface area contributed by atoms with Gasteiger partial charge in [0.15, 0.2) is 0 Å². The quantitative estimate of drug-likeness (QED) is 0.692. The summed E-state index contributed by atoms with van der Waals surface area (Å²) in [5.41, 5.74) is 1.18. The summed E-state index contributed by atoms with van der Waals surface area (Å²) in [5, 5.41) is 0.822. The van der Waals surface area contributed by atoms with Crippen molar-refractivity contribution in [3.8, 4) is 0 Å². The molecule has 1 atom stereocenters. The maximum atomic E-state index is 6.11. The molecule has 0 fully saturated rings. The van der Waals surface area contributed by atoms with Gasteiger partial charge in [-0.1, -0.05) is 46.9 Å². The van der Waals surface area contributed by atoms with Crippen LogP contribution in [0.25, 0.3) is 0 Å². The van der Waals surface area contributed by atoms with E-state index in [9.17, 15) is 0 Å². The SMILES string of the molecule is CCC(CCl)Cc1ccc(Br)cc1Cl. The fourth-order valence-electron chi connectivity index (χ4n) is 1.31. The first-order valence-electron chi connectivity index (χ1n) is 4.67. The van der Waals surface area contributed by atoms with Crippen LogP contribution in [0.4, 0.5) is 0 Å². The highest BCUT2D eigenvalue weighted by atomic mass is 79.9. The van der Waals surface area contributed by atoms with Crippen LogP contribution in [0, 0.1) is 5.92 Å². The van der Waals surface area contributed by atoms with Gasteiger partial charge in [0, 0.05) is 15.4 Å². The minimum Gasteiger partial charge on any atom is -0.126 e. The van der Waals surface area contributed by atoms with Gasteiger partial charge in [-0.15, -0.1) is 11.6 Å². The summed E-state index contributed by atoms with van der Waals surface area (Å²) in [6.07, 6.45) is 2.06. The summed E-state index contributed by atoms with van der Waals surface area (Å²) in [4.78, 5) is 0. The third-order valence-electron chi connectivity index (χ3n) is 2.32. The molecule has 0 bridgehead atoms. The normalized spacial score (nSPS) is 12.9. The molecule has 1 unspecified atom stereocenters. The van der Waals surface area contributed by atoms with E-state index in [1.54, 1.807) is 0 Å². The maximum Gasteiger partial charge on any atom is 0.0449 e. The fraction of sp³-hybridized carbons (Fsp3) is 0.455. The number of benzene rings is 1. The number of alkyl halides is 1. The minimum absolute atomic E-state index is 0.523. The van der Waals surface area contributed by atoms with Crippen molar-refractivity contribution in [2.45, 2.75) is 19.8 Å². The predicted octanol–water partition coefficient (Wildman–Crippen LogP) is 4.91. The molecule has 0 radical (unpaired) electrons. The standard InChI is InChI=1S/C11H13BrCl2/c1-2-8(7-13)5-9-3-4-10(12)6-11(9)14/h3-4,6,8H,2,5,7H2,1H3. The topological polar surface area (TPSA) is 0 Å². The molecule has 0 nitrogen and oxygen atoms in total. The second-order valence-electron chi connectivity index (χ2n) is 3.37. The Kier molecular flexibility index (Phi) is 5.29. The number of halogens is 3. The molecule has 0 saturated heterocycles. The molecular weight excluding hydrogens is 283 g/mol. The molecule has 0 heterocycles. The van der Waals surface area contributed by atoms with E-state index in [4.69, 9.17) is 23.2 Å². The van der Waals surface area contributed by atoms with Crippen molar-refractivity contribution >= 4 is 39.1 Å². The molecule has 0 aromatic heterocycles. The second-order valence-corrected chi connectivity index (χ2v) is 5.00. The van der Waals surface area contributed by atoms with Crippen molar-refractivity contribution in [2.24, 2.45) is 5.92 Å². The van der Waals surface area contributed by atoms with Crippen LogP contribution in [0.2, 0.25) is 5.02 Å². The van der Waals surface area contributed by atoms with Crippen LogP contribution in [-0.2, 0) is 6.42 Å². The molecular formula is C11H13BrCl2. The Hall–Kier alpha value is 0.280. The smallest absolute Gasteiger partial charge is 0.0449 e. The first kappa shape index (κ1) is 12.4. The zero-order valence-electron chi connectivity index (χ0n) is 8.06. The van der Waals surface area contributed by atoms with Gasteiger partial charge >= 0.3 is 0 Å². The van der Waals surface area contributed by atoms with Gasteiger partial charge in [-0.3, -0.25) is 0 Å². The van der Waals surface area contributed by atoms with Gasteiger partial charge in [-0.05, 0) is 30.0 Å². The molecule has 0 spiro atoms. The van der Waals surface area contributed by atoms with Crippen molar-refractivity contribution in [3.05, 3.63) is 33.3 Å². The van der Waals surface area contributed by atoms with E-state index in [-0.39, 0.29) is 0 Å².